The van der Waals surface area contributed by atoms with Gasteiger partial charge in [0.15, 0.2) is 0 Å². The number of nitrogens with two attached hydrogens (primary N) is 1. The minimum atomic E-state index is -0.116. The number of amides is 1. The van der Waals surface area contributed by atoms with Crippen molar-refractivity contribution in [2.75, 3.05) is 20.1 Å². The summed E-state index contributed by atoms with van der Waals surface area (Å²) in [6.07, 6.45) is 0.292. The minimum Gasteiger partial charge on any atom is -0.345 e. The molecule has 0 saturated heterocycles. The van der Waals surface area contributed by atoms with Crippen LogP contribution in [0.2, 0.25) is 10.0 Å². The molecule has 0 aliphatic rings. The largest absolute Gasteiger partial charge is 0.345 e. The zero-order valence-corrected chi connectivity index (χ0v) is 17.4. The summed E-state index contributed by atoms with van der Waals surface area (Å²) in [5.41, 5.74) is 9.03. The van der Waals surface area contributed by atoms with Crippen LogP contribution in [0.25, 0.3) is 5.69 Å². The molecular weight excluding hydrogens is 371 g/mol. The van der Waals surface area contributed by atoms with Crippen molar-refractivity contribution < 1.29 is 4.79 Å². The van der Waals surface area contributed by atoms with Crippen LogP contribution in [0, 0.1) is 19.3 Å². The molecule has 0 saturated carbocycles. The van der Waals surface area contributed by atoms with Gasteiger partial charge in [-0.3, -0.25) is 4.79 Å². The fourth-order valence-electron chi connectivity index (χ4n) is 2.90. The first-order valence-corrected chi connectivity index (χ1v) is 9.26. The summed E-state index contributed by atoms with van der Waals surface area (Å²) in [4.78, 5) is 14.4. The molecule has 0 aliphatic heterocycles. The molecule has 7 heteroatoms. The Kier molecular flexibility index (Phi) is 6.37. The van der Waals surface area contributed by atoms with E-state index in [4.69, 9.17) is 28.9 Å². The molecule has 0 radical (unpaired) electrons. The highest BCUT2D eigenvalue weighted by Gasteiger charge is 2.23. The Morgan fingerprint density at radius 3 is 2.54 bits per heavy atom. The summed E-state index contributed by atoms with van der Waals surface area (Å²) >= 11 is 12.3. The van der Waals surface area contributed by atoms with Crippen LogP contribution >= 0.6 is 23.2 Å². The van der Waals surface area contributed by atoms with Gasteiger partial charge in [-0.05, 0) is 44.0 Å². The topological polar surface area (TPSA) is 64.2 Å². The predicted octanol–water partition coefficient (Wildman–Crippen LogP) is 3.78. The van der Waals surface area contributed by atoms with E-state index in [1.807, 2.05) is 40.8 Å². The molecule has 1 amide bonds. The summed E-state index contributed by atoms with van der Waals surface area (Å²) in [7, 11) is 1.81. The highest BCUT2D eigenvalue weighted by Crippen LogP contribution is 2.27. The number of hydrogen-bond acceptors (Lipinski definition) is 3. The van der Waals surface area contributed by atoms with Gasteiger partial charge in [0.25, 0.3) is 0 Å². The maximum Gasteiger partial charge on any atom is 0.226 e. The van der Waals surface area contributed by atoms with Crippen LogP contribution in [0.1, 0.15) is 30.8 Å². The molecule has 1 heterocycles. The van der Waals surface area contributed by atoms with E-state index in [0.29, 0.717) is 29.6 Å². The second kappa shape index (κ2) is 7.99. The van der Waals surface area contributed by atoms with Gasteiger partial charge >= 0.3 is 0 Å². The summed E-state index contributed by atoms with van der Waals surface area (Å²) in [5.74, 6) is 0.0412. The Morgan fingerprint density at radius 1 is 1.31 bits per heavy atom. The average Bonchev–Trinajstić information content (AvgIpc) is 2.82. The molecule has 0 aliphatic carbocycles. The fraction of sp³-hybridized carbons (Fsp3) is 0.474. The van der Waals surface area contributed by atoms with Gasteiger partial charge in [-0.25, -0.2) is 4.68 Å². The Bertz CT molecular complexity index is 814. The number of hydrogen-bond donors (Lipinski definition) is 1. The number of halogens is 2. The molecule has 1 aromatic carbocycles. The summed E-state index contributed by atoms with van der Waals surface area (Å²) in [5, 5.41) is 5.66. The molecule has 0 unspecified atom stereocenters. The Morgan fingerprint density at radius 2 is 1.96 bits per heavy atom. The van der Waals surface area contributed by atoms with Crippen LogP contribution in [0.3, 0.4) is 0 Å². The summed E-state index contributed by atoms with van der Waals surface area (Å²) < 4.78 is 1.76. The van der Waals surface area contributed by atoms with Gasteiger partial charge < -0.3 is 10.6 Å². The lowest BCUT2D eigenvalue weighted by molar-refractivity contribution is -0.130. The molecule has 2 aromatic rings. The molecule has 5 nitrogen and oxygen atoms in total. The van der Waals surface area contributed by atoms with Crippen LogP contribution in [0.15, 0.2) is 18.2 Å². The molecule has 1 aromatic heterocycles. The average molecular weight is 397 g/mol. The van der Waals surface area contributed by atoms with E-state index in [1.54, 1.807) is 21.7 Å². The first-order valence-electron chi connectivity index (χ1n) is 8.50. The van der Waals surface area contributed by atoms with Crippen LogP contribution < -0.4 is 5.73 Å². The number of aryl methyl sites for hydroxylation is 1. The molecule has 0 fully saturated rings. The standard InChI is InChI=1S/C19H26Cl2N4O/c1-12-15(9-18(26)24(5)11-19(3,4)10-22)13(2)25(23-12)17-7-6-14(20)8-16(17)21/h6-8H,9-11,22H2,1-5H3. The van der Waals surface area contributed by atoms with E-state index in [9.17, 15) is 4.79 Å². The normalized spacial score (nSPS) is 11.7. The van der Waals surface area contributed by atoms with Crippen LogP contribution in [0.5, 0.6) is 0 Å². The van der Waals surface area contributed by atoms with Crippen molar-refractivity contribution in [1.82, 2.24) is 14.7 Å². The third-order valence-electron chi connectivity index (χ3n) is 4.55. The van der Waals surface area contributed by atoms with E-state index in [0.717, 1.165) is 22.6 Å². The lowest BCUT2D eigenvalue weighted by Crippen LogP contribution is -2.40. The SMILES string of the molecule is Cc1nn(-c2ccc(Cl)cc2Cl)c(C)c1CC(=O)N(C)CC(C)(C)CN. The van der Waals surface area contributed by atoms with Crippen LogP contribution in [-0.4, -0.2) is 40.7 Å². The van der Waals surface area contributed by atoms with E-state index < -0.39 is 0 Å². The number of rotatable bonds is 6. The van der Waals surface area contributed by atoms with E-state index >= 15 is 0 Å². The fourth-order valence-corrected chi connectivity index (χ4v) is 3.39. The van der Waals surface area contributed by atoms with Gasteiger partial charge in [-0.1, -0.05) is 37.0 Å². The number of likely N-dealkylation sites (N-methyl/N-ethyl adjacent to an activating group) is 1. The second-order valence-corrected chi connectivity index (χ2v) is 8.30. The quantitative estimate of drug-likeness (QED) is 0.807. The number of carbonyl (C=O) groups is 1. The first kappa shape index (κ1) is 20.7. The maximum atomic E-state index is 12.7. The second-order valence-electron chi connectivity index (χ2n) is 7.45. The summed E-state index contributed by atoms with van der Waals surface area (Å²) in [6, 6.07) is 5.28. The molecule has 142 valence electrons. The molecular formula is C19H26Cl2N4O. The predicted molar refractivity (Wildman–Crippen MR) is 107 cm³/mol. The van der Waals surface area contributed by atoms with Gasteiger partial charge in [0.05, 0.1) is 22.8 Å². The van der Waals surface area contributed by atoms with Crippen molar-refractivity contribution >= 4 is 29.1 Å². The van der Waals surface area contributed by atoms with E-state index in [2.05, 4.69) is 5.10 Å². The summed E-state index contributed by atoms with van der Waals surface area (Å²) in [6.45, 7) is 9.08. The van der Waals surface area contributed by atoms with Crippen molar-refractivity contribution in [3.63, 3.8) is 0 Å². The van der Waals surface area contributed by atoms with Crippen molar-refractivity contribution in [1.29, 1.82) is 0 Å². The Labute approximate surface area is 165 Å². The van der Waals surface area contributed by atoms with Gasteiger partial charge in [-0.2, -0.15) is 5.10 Å². The van der Waals surface area contributed by atoms with Gasteiger partial charge in [-0.15, -0.1) is 0 Å². The first-order chi connectivity index (χ1) is 12.1. The Balaban J connectivity index is 2.26. The number of carbonyl (C=O) groups excluding carboxylic acids is 1. The van der Waals surface area contributed by atoms with Gasteiger partial charge in [0.2, 0.25) is 5.91 Å². The van der Waals surface area contributed by atoms with E-state index in [1.165, 1.54) is 0 Å². The van der Waals surface area contributed by atoms with Crippen LogP contribution in [0.4, 0.5) is 0 Å². The molecule has 0 atom stereocenters. The van der Waals surface area contributed by atoms with Crippen molar-refractivity contribution in [3.05, 3.63) is 45.2 Å². The third-order valence-corrected chi connectivity index (χ3v) is 5.09. The molecule has 26 heavy (non-hydrogen) atoms. The van der Waals surface area contributed by atoms with Gasteiger partial charge in [0, 0.05) is 29.9 Å². The lowest BCUT2D eigenvalue weighted by Gasteiger charge is -2.29. The minimum absolute atomic E-state index is 0.0412. The van der Waals surface area contributed by atoms with Crippen molar-refractivity contribution in [2.45, 2.75) is 34.1 Å². The zero-order chi connectivity index (χ0) is 19.6. The van der Waals surface area contributed by atoms with E-state index in [-0.39, 0.29) is 11.3 Å². The molecule has 2 N–H and O–H groups in total. The smallest absolute Gasteiger partial charge is 0.226 e. The Hall–Kier alpha value is -1.56. The van der Waals surface area contributed by atoms with Crippen molar-refractivity contribution in [3.8, 4) is 5.69 Å². The van der Waals surface area contributed by atoms with Crippen molar-refractivity contribution in [2.24, 2.45) is 11.1 Å². The number of nitrogens with zero attached hydrogens (tertiary/aromatic N) is 3. The zero-order valence-electron chi connectivity index (χ0n) is 15.9. The maximum absolute atomic E-state index is 12.7. The van der Waals surface area contributed by atoms with Crippen LogP contribution in [-0.2, 0) is 11.2 Å². The lowest BCUT2D eigenvalue weighted by atomic mass is 9.93. The third kappa shape index (κ3) is 4.58. The number of aromatic nitrogens is 2. The highest BCUT2D eigenvalue weighted by molar-refractivity contribution is 6.35. The van der Waals surface area contributed by atoms with Gasteiger partial charge in [0.1, 0.15) is 0 Å². The monoisotopic (exact) mass is 396 g/mol. The molecule has 2 rings (SSSR count). The highest BCUT2D eigenvalue weighted by atomic mass is 35.5. The number of benzene rings is 1. The molecule has 0 bridgehead atoms. The molecule has 0 spiro atoms.